The van der Waals surface area contributed by atoms with E-state index in [0.717, 1.165) is 28.1 Å². The second-order valence-corrected chi connectivity index (χ2v) is 7.12. The van der Waals surface area contributed by atoms with Crippen molar-refractivity contribution >= 4 is 0 Å². The van der Waals surface area contributed by atoms with Crippen LogP contribution in [0.3, 0.4) is 0 Å². The molecule has 8 heteroatoms. The molecule has 0 radical (unpaired) electrons. The first-order valence-electron chi connectivity index (χ1n) is 10.3. The van der Waals surface area contributed by atoms with Crippen LogP contribution in [0.1, 0.15) is 25.2 Å². The number of aromatic amines is 1. The number of benzene rings is 2. The smallest absolute Gasteiger partial charge is 0.274 e. The molecule has 32 heavy (non-hydrogen) atoms. The SMILES string of the molecule is CC#CCn1nc(CC=CC)n(Cc2ccc(-c3ccccc3-c3nn[nH]n3)cc2)c1=O. The summed E-state index contributed by atoms with van der Waals surface area (Å²) in [6.07, 6.45) is 4.54. The summed E-state index contributed by atoms with van der Waals surface area (Å²) in [5.74, 6) is 6.99. The van der Waals surface area contributed by atoms with E-state index >= 15 is 0 Å². The zero-order valence-electron chi connectivity index (χ0n) is 18.0. The standard InChI is InChI=1S/C24H23N7O/c1-3-5-11-22-27-31(16-6-4-2)24(32)30(22)17-18-12-14-19(15-13-18)20-9-7-8-10-21(20)23-25-28-29-26-23/h3,5,7-10,12-15H,11,16-17H2,1-2H3,(H,25,26,28,29). The van der Waals surface area contributed by atoms with Gasteiger partial charge in [0.15, 0.2) is 0 Å². The van der Waals surface area contributed by atoms with E-state index in [0.29, 0.717) is 18.8 Å². The number of tetrazole rings is 1. The van der Waals surface area contributed by atoms with Gasteiger partial charge in [0, 0.05) is 12.0 Å². The van der Waals surface area contributed by atoms with Gasteiger partial charge in [-0.3, -0.25) is 4.57 Å². The van der Waals surface area contributed by atoms with Crippen LogP contribution in [0.5, 0.6) is 0 Å². The van der Waals surface area contributed by atoms with Gasteiger partial charge in [-0.2, -0.15) is 10.3 Å². The molecule has 0 fully saturated rings. The average molecular weight is 425 g/mol. The zero-order chi connectivity index (χ0) is 22.3. The summed E-state index contributed by atoms with van der Waals surface area (Å²) in [5.41, 5.74) is 3.80. The maximum Gasteiger partial charge on any atom is 0.347 e. The number of hydrogen-bond acceptors (Lipinski definition) is 5. The van der Waals surface area contributed by atoms with Crippen molar-refractivity contribution < 1.29 is 0 Å². The lowest BCUT2D eigenvalue weighted by atomic mass is 9.98. The molecule has 0 atom stereocenters. The molecule has 0 amide bonds. The molecule has 0 aliphatic heterocycles. The minimum absolute atomic E-state index is 0.154. The minimum atomic E-state index is -0.154. The van der Waals surface area contributed by atoms with Crippen LogP contribution >= 0.6 is 0 Å². The predicted molar refractivity (Wildman–Crippen MR) is 123 cm³/mol. The van der Waals surface area contributed by atoms with E-state index in [4.69, 9.17) is 0 Å². The largest absolute Gasteiger partial charge is 0.347 e. The van der Waals surface area contributed by atoms with Crippen molar-refractivity contribution in [2.24, 2.45) is 0 Å². The Kier molecular flexibility index (Phi) is 6.37. The Hall–Kier alpha value is -4.25. The molecular weight excluding hydrogens is 402 g/mol. The fraction of sp³-hybridized carbons (Fsp3) is 0.208. The summed E-state index contributed by atoms with van der Waals surface area (Å²) < 4.78 is 3.13. The third-order valence-electron chi connectivity index (χ3n) is 5.06. The van der Waals surface area contributed by atoms with Gasteiger partial charge < -0.3 is 0 Å². The highest BCUT2D eigenvalue weighted by Crippen LogP contribution is 2.29. The van der Waals surface area contributed by atoms with Crippen LogP contribution in [0.15, 0.2) is 65.5 Å². The van der Waals surface area contributed by atoms with E-state index in [1.54, 1.807) is 11.5 Å². The summed E-state index contributed by atoms with van der Waals surface area (Å²) >= 11 is 0. The minimum Gasteiger partial charge on any atom is -0.274 e. The second kappa shape index (κ2) is 9.71. The molecule has 2 aromatic carbocycles. The van der Waals surface area contributed by atoms with Crippen molar-refractivity contribution in [3.05, 3.63) is 82.6 Å². The molecule has 0 saturated carbocycles. The molecule has 160 valence electrons. The number of nitrogens with one attached hydrogen (secondary N) is 1. The molecule has 4 rings (SSSR count). The summed E-state index contributed by atoms with van der Waals surface area (Å²) in [5, 5.41) is 18.8. The van der Waals surface area contributed by atoms with Crippen LogP contribution in [-0.4, -0.2) is 35.0 Å². The fourth-order valence-electron chi connectivity index (χ4n) is 3.45. The molecule has 0 spiro atoms. The first-order chi connectivity index (χ1) is 15.7. The fourth-order valence-corrected chi connectivity index (χ4v) is 3.45. The highest BCUT2D eigenvalue weighted by Gasteiger charge is 2.14. The van der Waals surface area contributed by atoms with Crippen molar-refractivity contribution in [3.8, 4) is 34.4 Å². The Morgan fingerprint density at radius 3 is 2.56 bits per heavy atom. The van der Waals surface area contributed by atoms with Crippen LogP contribution in [0.2, 0.25) is 0 Å². The topological polar surface area (TPSA) is 94.3 Å². The van der Waals surface area contributed by atoms with Gasteiger partial charge in [0.05, 0.1) is 6.54 Å². The lowest BCUT2D eigenvalue weighted by molar-refractivity contribution is 0.657. The van der Waals surface area contributed by atoms with Crippen LogP contribution < -0.4 is 5.69 Å². The van der Waals surface area contributed by atoms with Crippen molar-refractivity contribution in [2.75, 3.05) is 0 Å². The highest BCUT2D eigenvalue weighted by molar-refractivity contribution is 5.80. The molecule has 0 unspecified atom stereocenters. The second-order valence-electron chi connectivity index (χ2n) is 7.12. The predicted octanol–water partition coefficient (Wildman–Crippen LogP) is 3.08. The number of nitrogens with zero attached hydrogens (tertiary/aromatic N) is 6. The molecular formula is C24H23N7O. The van der Waals surface area contributed by atoms with Crippen LogP contribution in [0.25, 0.3) is 22.5 Å². The molecule has 0 bridgehead atoms. The molecule has 0 aliphatic rings. The van der Waals surface area contributed by atoms with Crippen LogP contribution in [0, 0.1) is 11.8 Å². The van der Waals surface area contributed by atoms with Gasteiger partial charge in [-0.25, -0.2) is 9.48 Å². The Balaban J connectivity index is 1.63. The number of H-pyrrole nitrogens is 1. The lowest BCUT2D eigenvalue weighted by Crippen LogP contribution is -2.25. The van der Waals surface area contributed by atoms with Crippen LogP contribution in [-0.2, 0) is 19.5 Å². The van der Waals surface area contributed by atoms with Crippen molar-refractivity contribution in [1.29, 1.82) is 0 Å². The van der Waals surface area contributed by atoms with Gasteiger partial charge in [0.25, 0.3) is 0 Å². The highest BCUT2D eigenvalue weighted by atomic mass is 16.2. The van der Waals surface area contributed by atoms with E-state index in [2.05, 4.69) is 37.6 Å². The summed E-state index contributed by atoms with van der Waals surface area (Å²) in [7, 11) is 0. The van der Waals surface area contributed by atoms with E-state index in [9.17, 15) is 4.79 Å². The van der Waals surface area contributed by atoms with E-state index < -0.39 is 0 Å². The first-order valence-corrected chi connectivity index (χ1v) is 10.3. The van der Waals surface area contributed by atoms with Gasteiger partial charge in [0.1, 0.15) is 12.4 Å². The Labute approximate surface area is 185 Å². The molecule has 2 heterocycles. The monoisotopic (exact) mass is 425 g/mol. The number of rotatable bonds is 7. The third kappa shape index (κ3) is 4.42. The maximum absolute atomic E-state index is 12.9. The molecule has 2 aromatic heterocycles. The van der Waals surface area contributed by atoms with E-state index in [-0.39, 0.29) is 12.2 Å². The van der Waals surface area contributed by atoms with Crippen molar-refractivity contribution in [1.82, 2.24) is 35.0 Å². The first kappa shape index (κ1) is 21.0. The van der Waals surface area contributed by atoms with Crippen LogP contribution in [0.4, 0.5) is 0 Å². The zero-order valence-corrected chi connectivity index (χ0v) is 18.0. The van der Waals surface area contributed by atoms with Crippen molar-refractivity contribution in [2.45, 2.75) is 33.4 Å². The molecule has 0 aliphatic carbocycles. The lowest BCUT2D eigenvalue weighted by Gasteiger charge is -2.09. The van der Waals surface area contributed by atoms with Gasteiger partial charge in [-0.1, -0.05) is 66.6 Å². The summed E-state index contributed by atoms with van der Waals surface area (Å²) in [6.45, 7) is 4.43. The third-order valence-corrected chi connectivity index (χ3v) is 5.06. The normalized spacial score (nSPS) is 10.9. The molecule has 8 nitrogen and oxygen atoms in total. The number of allylic oxidation sites excluding steroid dienone is 2. The van der Waals surface area contributed by atoms with Gasteiger partial charge in [-0.15, -0.1) is 16.1 Å². The van der Waals surface area contributed by atoms with E-state index in [1.807, 2.05) is 67.6 Å². The number of aromatic nitrogens is 7. The van der Waals surface area contributed by atoms with Gasteiger partial charge in [0.2, 0.25) is 5.82 Å². The maximum atomic E-state index is 12.9. The summed E-state index contributed by atoms with van der Waals surface area (Å²) in [6, 6.07) is 16.1. The van der Waals surface area contributed by atoms with E-state index in [1.165, 1.54) is 4.68 Å². The quantitative estimate of drug-likeness (QED) is 0.363. The Morgan fingerprint density at radius 2 is 1.88 bits per heavy atom. The molecule has 1 N–H and O–H groups in total. The molecule has 0 saturated heterocycles. The van der Waals surface area contributed by atoms with Crippen molar-refractivity contribution in [3.63, 3.8) is 0 Å². The van der Waals surface area contributed by atoms with Gasteiger partial charge in [-0.05, 0) is 35.8 Å². The Bertz CT molecular complexity index is 1330. The summed E-state index contributed by atoms with van der Waals surface area (Å²) in [4.78, 5) is 12.9. The Morgan fingerprint density at radius 1 is 1.09 bits per heavy atom. The van der Waals surface area contributed by atoms with Gasteiger partial charge >= 0.3 is 5.69 Å². The average Bonchev–Trinajstić information content (AvgIpc) is 3.46. The molecule has 4 aromatic rings. The number of hydrogen-bond donors (Lipinski definition) is 1.